The van der Waals surface area contributed by atoms with Crippen molar-refractivity contribution in [1.29, 1.82) is 0 Å². The maximum absolute atomic E-state index is 13.7. The Labute approximate surface area is 265 Å². The predicted molar refractivity (Wildman–Crippen MR) is 175 cm³/mol. The molecule has 2 amide bonds. The molecule has 5 aromatic rings. The van der Waals surface area contributed by atoms with Crippen LogP contribution in [-0.2, 0) is 12.6 Å². The van der Waals surface area contributed by atoms with Crippen LogP contribution in [-0.4, -0.2) is 18.9 Å². The standard InChI is InChI=1S/C39H32F3NO3/c1-3-4-6-9-24-12-14-26(15-13-24)33-32(28-18-22-30(46-2)23-19-28)31(25-10-7-5-8-11-25)34(36-35(33)37(44)43-38(36)45)27-16-20-29(21-17-27)39(40,41)42/h5,7-8,10-23H,3-4,6,9H2,1-2H3,(H,43,44,45). The summed E-state index contributed by atoms with van der Waals surface area (Å²) in [5, 5.41) is 2.48. The molecule has 0 spiro atoms. The Morgan fingerprint density at radius 1 is 0.587 bits per heavy atom. The third kappa shape index (κ3) is 5.81. The fourth-order valence-electron chi connectivity index (χ4n) is 6.19. The summed E-state index contributed by atoms with van der Waals surface area (Å²) in [5.41, 5.74) is 5.64. The van der Waals surface area contributed by atoms with Crippen LogP contribution in [0.5, 0.6) is 5.75 Å². The Morgan fingerprint density at radius 3 is 1.52 bits per heavy atom. The van der Waals surface area contributed by atoms with Crippen molar-refractivity contribution in [2.45, 2.75) is 38.8 Å². The molecular formula is C39H32F3NO3. The van der Waals surface area contributed by atoms with E-state index >= 15 is 0 Å². The summed E-state index contributed by atoms with van der Waals surface area (Å²) in [5.74, 6) is -0.504. The highest BCUT2D eigenvalue weighted by Crippen LogP contribution is 2.51. The molecule has 232 valence electrons. The maximum Gasteiger partial charge on any atom is 0.416 e. The minimum absolute atomic E-state index is 0.142. The van der Waals surface area contributed by atoms with Crippen molar-refractivity contribution in [2.75, 3.05) is 7.11 Å². The highest BCUT2D eigenvalue weighted by molar-refractivity contribution is 6.30. The molecular weight excluding hydrogens is 587 g/mol. The van der Waals surface area contributed by atoms with Crippen LogP contribution in [0, 0.1) is 0 Å². The van der Waals surface area contributed by atoms with Gasteiger partial charge in [-0.2, -0.15) is 13.2 Å². The summed E-state index contributed by atoms with van der Waals surface area (Å²) >= 11 is 0. The number of hydrogen-bond acceptors (Lipinski definition) is 3. The lowest BCUT2D eigenvalue weighted by Gasteiger charge is -2.24. The zero-order chi connectivity index (χ0) is 32.4. The van der Waals surface area contributed by atoms with E-state index in [4.69, 9.17) is 4.74 Å². The number of unbranched alkanes of at least 4 members (excludes halogenated alkanes) is 2. The number of alkyl halides is 3. The summed E-state index contributed by atoms with van der Waals surface area (Å²) in [4.78, 5) is 27.4. The summed E-state index contributed by atoms with van der Waals surface area (Å²) in [7, 11) is 1.58. The normalized spacial score (nSPS) is 12.6. The molecule has 0 fully saturated rings. The van der Waals surface area contributed by atoms with Crippen molar-refractivity contribution in [2.24, 2.45) is 0 Å². The summed E-state index contributed by atoms with van der Waals surface area (Å²) in [6.45, 7) is 2.16. The molecule has 0 unspecified atom stereocenters. The second-order valence-electron chi connectivity index (χ2n) is 11.4. The van der Waals surface area contributed by atoms with Gasteiger partial charge in [-0.25, -0.2) is 0 Å². The molecule has 0 saturated heterocycles. The topological polar surface area (TPSA) is 55.4 Å². The molecule has 0 bridgehead atoms. The molecule has 0 saturated carbocycles. The van der Waals surface area contributed by atoms with Crippen molar-refractivity contribution in [3.05, 3.63) is 125 Å². The molecule has 6 rings (SSSR count). The predicted octanol–water partition coefficient (Wildman–Crippen LogP) is 10.00. The van der Waals surface area contributed by atoms with Crippen LogP contribution in [0.15, 0.2) is 103 Å². The molecule has 1 aliphatic heterocycles. The van der Waals surface area contributed by atoms with Crippen LogP contribution in [0.1, 0.15) is 58.0 Å². The van der Waals surface area contributed by atoms with E-state index < -0.39 is 23.6 Å². The zero-order valence-corrected chi connectivity index (χ0v) is 25.5. The lowest BCUT2D eigenvalue weighted by molar-refractivity contribution is -0.137. The second kappa shape index (κ2) is 12.7. The molecule has 5 aromatic carbocycles. The molecule has 1 heterocycles. The molecule has 46 heavy (non-hydrogen) atoms. The molecule has 0 aliphatic carbocycles. The largest absolute Gasteiger partial charge is 0.497 e. The van der Waals surface area contributed by atoms with Crippen molar-refractivity contribution >= 4 is 11.8 Å². The quantitative estimate of drug-likeness (QED) is 0.132. The van der Waals surface area contributed by atoms with Gasteiger partial charge in [0.15, 0.2) is 0 Å². The maximum atomic E-state index is 13.7. The van der Waals surface area contributed by atoms with E-state index in [0.29, 0.717) is 33.6 Å². The number of halogens is 3. The van der Waals surface area contributed by atoms with Gasteiger partial charge in [0.05, 0.1) is 23.8 Å². The van der Waals surface area contributed by atoms with Crippen molar-refractivity contribution in [1.82, 2.24) is 5.32 Å². The number of ether oxygens (including phenoxy) is 1. The molecule has 4 nitrogen and oxygen atoms in total. The van der Waals surface area contributed by atoms with Gasteiger partial charge < -0.3 is 4.74 Å². The van der Waals surface area contributed by atoms with Crippen LogP contribution < -0.4 is 10.1 Å². The highest BCUT2D eigenvalue weighted by atomic mass is 19.4. The van der Waals surface area contributed by atoms with E-state index in [1.54, 1.807) is 7.11 Å². The van der Waals surface area contributed by atoms with Gasteiger partial charge >= 0.3 is 6.18 Å². The Balaban J connectivity index is 1.73. The van der Waals surface area contributed by atoms with Crippen molar-refractivity contribution in [3.8, 4) is 50.3 Å². The molecule has 0 radical (unpaired) electrons. The third-order valence-corrected chi connectivity index (χ3v) is 8.43. The van der Waals surface area contributed by atoms with Crippen molar-refractivity contribution in [3.63, 3.8) is 0 Å². The van der Waals surface area contributed by atoms with Crippen LogP contribution in [0.3, 0.4) is 0 Å². The first-order valence-electron chi connectivity index (χ1n) is 15.3. The van der Waals surface area contributed by atoms with Gasteiger partial charge in [0.2, 0.25) is 0 Å². The molecule has 1 aliphatic rings. The molecule has 1 N–H and O–H groups in total. The Morgan fingerprint density at radius 2 is 1.04 bits per heavy atom. The van der Waals surface area contributed by atoms with E-state index in [1.165, 1.54) is 17.7 Å². The minimum Gasteiger partial charge on any atom is -0.497 e. The smallest absolute Gasteiger partial charge is 0.416 e. The van der Waals surface area contributed by atoms with Gasteiger partial charge in [-0.15, -0.1) is 0 Å². The van der Waals surface area contributed by atoms with E-state index in [0.717, 1.165) is 54.5 Å². The van der Waals surface area contributed by atoms with Gasteiger partial charge in [0, 0.05) is 11.1 Å². The Kier molecular flexibility index (Phi) is 8.50. The average molecular weight is 620 g/mol. The van der Waals surface area contributed by atoms with E-state index in [2.05, 4.69) is 24.4 Å². The number of rotatable bonds is 9. The van der Waals surface area contributed by atoms with Crippen molar-refractivity contribution < 1.29 is 27.5 Å². The number of nitrogens with one attached hydrogen (secondary N) is 1. The van der Waals surface area contributed by atoms with E-state index in [-0.39, 0.29) is 11.1 Å². The number of carbonyl (C=O) groups excluding carboxylic acids is 2. The van der Waals surface area contributed by atoms with Gasteiger partial charge in [0.1, 0.15) is 5.75 Å². The van der Waals surface area contributed by atoms with Crippen LogP contribution in [0.2, 0.25) is 0 Å². The van der Waals surface area contributed by atoms with Crippen LogP contribution >= 0.6 is 0 Å². The SMILES string of the molecule is CCCCCc1ccc(-c2c3c(c(-c4ccc(C(F)(F)F)cc4)c(-c4ccccc4)c2-c2ccc(OC)cc2)C(=O)NC3=O)cc1. The van der Waals surface area contributed by atoms with E-state index in [1.807, 2.05) is 66.7 Å². The number of hydrogen-bond donors (Lipinski definition) is 1. The molecule has 0 atom stereocenters. The number of fused-ring (bicyclic) bond motifs is 1. The van der Waals surface area contributed by atoms with Gasteiger partial charge in [-0.1, -0.05) is 98.6 Å². The average Bonchev–Trinajstić information content (AvgIpc) is 3.37. The summed E-state index contributed by atoms with van der Waals surface area (Å²) in [6.07, 6.45) is -0.286. The first kappa shape index (κ1) is 30.8. The number of imide groups is 1. The number of aryl methyl sites for hydroxylation is 1. The summed E-state index contributed by atoms with van der Waals surface area (Å²) < 4.78 is 46.2. The minimum atomic E-state index is -4.53. The molecule has 0 aromatic heterocycles. The first-order valence-corrected chi connectivity index (χ1v) is 15.3. The van der Waals surface area contributed by atoms with E-state index in [9.17, 15) is 22.8 Å². The number of amides is 2. The van der Waals surface area contributed by atoms with Gasteiger partial charge in [0.25, 0.3) is 11.8 Å². The first-order chi connectivity index (χ1) is 22.2. The van der Waals surface area contributed by atoms with Crippen LogP contribution in [0.25, 0.3) is 44.5 Å². The van der Waals surface area contributed by atoms with Gasteiger partial charge in [-0.3, -0.25) is 14.9 Å². The third-order valence-electron chi connectivity index (χ3n) is 8.43. The Hall–Kier alpha value is -5.17. The summed E-state index contributed by atoms with van der Waals surface area (Å²) in [6, 6.07) is 29.6. The van der Waals surface area contributed by atoms with Crippen LogP contribution in [0.4, 0.5) is 13.2 Å². The number of benzene rings is 5. The zero-order valence-electron chi connectivity index (χ0n) is 25.5. The lowest BCUT2D eigenvalue weighted by atomic mass is 9.77. The molecule has 7 heteroatoms. The number of methoxy groups -OCH3 is 1. The fourth-order valence-corrected chi connectivity index (χ4v) is 6.19. The fraction of sp³-hybridized carbons (Fsp3) is 0.179. The van der Waals surface area contributed by atoms with Gasteiger partial charge in [-0.05, 0) is 76.1 Å². The lowest BCUT2D eigenvalue weighted by Crippen LogP contribution is -2.20. The second-order valence-corrected chi connectivity index (χ2v) is 11.4. The Bertz CT molecular complexity index is 1900. The highest BCUT2D eigenvalue weighted by Gasteiger charge is 2.38. The number of carbonyl (C=O) groups is 2. The monoisotopic (exact) mass is 619 g/mol.